The number of methoxy groups -OCH3 is 3. The third-order valence-electron chi connectivity index (χ3n) is 2.12. The fraction of sp³-hybridized carbons (Fsp3) is 0.600. The van der Waals surface area contributed by atoms with Gasteiger partial charge in [-0.2, -0.15) is 9.98 Å². The van der Waals surface area contributed by atoms with Crippen LogP contribution in [0.25, 0.3) is 0 Å². The quantitative estimate of drug-likeness (QED) is 0.700. The Hall–Kier alpha value is -1.52. The molecule has 1 aliphatic heterocycles. The number of hydrogen-bond acceptors (Lipinski definition) is 5. The highest BCUT2D eigenvalue weighted by molar-refractivity contribution is 5.92. The van der Waals surface area contributed by atoms with Crippen LogP contribution in [0.3, 0.4) is 0 Å². The van der Waals surface area contributed by atoms with E-state index in [1.807, 2.05) is 6.92 Å². The molecule has 0 spiro atoms. The van der Waals surface area contributed by atoms with Gasteiger partial charge in [-0.15, -0.1) is 0 Å². The van der Waals surface area contributed by atoms with Gasteiger partial charge in [0.2, 0.25) is 5.88 Å². The first-order valence-electron chi connectivity index (χ1n) is 4.75. The van der Waals surface area contributed by atoms with E-state index in [-0.39, 0.29) is 6.02 Å². The summed E-state index contributed by atoms with van der Waals surface area (Å²) in [5.41, 5.74) is 1.05. The van der Waals surface area contributed by atoms with Crippen molar-refractivity contribution in [2.24, 2.45) is 9.98 Å². The first-order chi connectivity index (χ1) is 7.24. The zero-order chi connectivity index (χ0) is 11.3. The van der Waals surface area contributed by atoms with Gasteiger partial charge in [-0.05, 0) is 6.42 Å². The molecule has 5 nitrogen and oxygen atoms in total. The van der Waals surface area contributed by atoms with Crippen LogP contribution in [0.15, 0.2) is 21.4 Å². The van der Waals surface area contributed by atoms with Gasteiger partial charge in [-0.1, -0.05) is 6.92 Å². The summed E-state index contributed by atoms with van der Waals surface area (Å²) in [6, 6.07) is 0.257. The van der Waals surface area contributed by atoms with E-state index in [2.05, 4.69) is 9.98 Å². The predicted molar refractivity (Wildman–Crippen MR) is 57.8 cm³/mol. The lowest BCUT2D eigenvalue weighted by Crippen LogP contribution is -2.06. The SMILES string of the molecule is CCC1=C(OC)N=C(OC)N=C(OC)C1. The number of nitrogens with zero attached hydrogens (tertiary/aromatic N) is 2. The maximum absolute atomic E-state index is 5.18. The molecule has 0 amide bonds. The molecule has 1 aliphatic rings. The lowest BCUT2D eigenvalue weighted by atomic mass is 10.1. The van der Waals surface area contributed by atoms with Crippen molar-refractivity contribution in [3.63, 3.8) is 0 Å². The summed E-state index contributed by atoms with van der Waals surface area (Å²) in [4.78, 5) is 8.26. The Bertz CT molecular complexity index is 319. The summed E-state index contributed by atoms with van der Waals surface area (Å²) in [6.07, 6.45) is 1.44. The highest BCUT2D eigenvalue weighted by Gasteiger charge is 2.16. The summed E-state index contributed by atoms with van der Waals surface area (Å²) in [5.74, 6) is 1.14. The third-order valence-corrected chi connectivity index (χ3v) is 2.12. The maximum Gasteiger partial charge on any atom is 0.322 e. The molecule has 0 N–H and O–H groups in total. The molecule has 0 aromatic carbocycles. The van der Waals surface area contributed by atoms with Gasteiger partial charge in [0.1, 0.15) is 0 Å². The monoisotopic (exact) mass is 212 g/mol. The molecular formula is C10H16N2O3. The van der Waals surface area contributed by atoms with Crippen LogP contribution in [-0.2, 0) is 14.2 Å². The highest BCUT2D eigenvalue weighted by Crippen LogP contribution is 2.19. The van der Waals surface area contributed by atoms with Gasteiger partial charge in [-0.25, -0.2) is 0 Å². The minimum absolute atomic E-state index is 0.257. The van der Waals surface area contributed by atoms with E-state index in [1.165, 1.54) is 7.11 Å². The van der Waals surface area contributed by atoms with Crippen molar-refractivity contribution in [2.75, 3.05) is 21.3 Å². The van der Waals surface area contributed by atoms with E-state index in [9.17, 15) is 0 Å². The summed E-state index contributed by atoms with van der Waals surface area (Å²) in [6.45, 7) is 2.04. The van der Waals surface area contributed by atoms with Crippen LogP contribution in [-0.4, -0.2) is 33.2 Å². The van der Waals surface area contributed by atoms with Gasteiger partial charge in [0.15, 0.2) is 5.90 Å². The van der Waals surface area contributed by atoms with Crippen LogP contribution in [0.5, 0.6) is 0 Å². The molecule has 0 aromatic heterocycles. The standard InChI is InChI=1S/C10H16N2O3/c1-5-7-6-8(13-2)11-10(15-4)12-9(7)14-3/h5-6H2,1-4H3. The van der Waals surface area contributed by atoms with E-state index in [4.69, 9.17) is 14.2 Å². The largest absolute Gasteiger partial charge is 0.484 e. The van der Waals surface area contributed by atoms with Gasteiger partial charge in [0, 0.05) is 5.57 Å². The molecule has 0 radical (unpaired) electrons. The molecule has 1 rings (SSSR count). The minimum atomic E-state index is 0.257. The van der Waals surface area contributed by atoms with E-state index in [0.29, 0.717) is 18.2 Å². The zero-order valence-corrected chi connectivity index (χ0v) is 9.53. The molecule has 0 unspecified atom stereocenters. The molecule has 15 heavy (non-hydrogen) atoms. The smallest absolute Gasteiger partial charge is 0.322 e. The molecule has 1 heterocycles. The van der Waals surface area contributed by atoms with Crippen molar-refractivity contribution in [2.45, 2.75) is 19.8 Å². The molecule has 0 aromatic rings. The first kappa shape index (κ1) is 11.6. The summed E-state index contributed by atoms with van der Waals surface area (Å²) in [7, 11) is 4.68. The summed E-state index contributed by atoms with van der Waals surface area (Å²) in [5, 5.41) is 0. The number of aliphatic imine (C=N–C) groups is 2. The third kappa shape index (κ3) is 2.71. The highest BCUT2D eigenvalue weighted by atomic mass is 16.5. The molecule has 5 heteroatoms. The second-order valence-corrected chi connectivity index (χ2v) is 2.95. The van der Waals surface area contributed by atoms with E-state index < -0.39 is 0 Å². The summed E-state index contributed by atoms with van der Waals surface area (Å²) < 4.78 is 15.3. The van der Waals surface area contributed by atoms with Crippen molar-refractivity contribution in [1.29, 1.82) is 0 Å². The molecule has 0 aliphatic carbocycles. The Kier molecular flexibility index (Phi) is 4.15. The van der Waals surface area contributed by atoms with E-state index in [0.717, 1.165) is 12.0 Å². The number of ether oxygens (including phenoxy) is 3. The first-order valence-corrected chi connectivity index (χ1v) is 4.75. The van der Waals surface area contributed by atoms with E-state index in [1.54, 1.807) is 14.2 Å². The molecule has 0 bridgehead atoms. The van der Waals surface area contributed by atoms with Crippen molar-refractivity contribution >= 4 is 11.9 Å². The second kappa shape index (κ2) is 5.38. The zero-order valence-electron chi connectivity index (χ0n) is 9.53. The topological polar surface area (TPSA) is 52.4 Å². The lowest BCUT2D eigenvalue weighted by Gasteiger charge is -2.06. The van der Waals surface area contributed by atoms with Gasteiger partial charge in [-0.3, -0.25) is 0 Å². The van der Waals surface area contributed by atoms with Crippen molar-refractivity contribution in [3.8, 4) is 0 Å². The van der Waals surface area contributed by atoms with Crippen LogP contribution in [0.2, 0.25) is 0 Å². The number of hydrogen-bond donors (Lipinski definition) is 0. The molecular weight excluding hydrogens is 196 g/mol. The Morgan fingerprint density at radius 1 is 1.07 bits per heavy atom. The van der Waals surface area contributed by atoms with Gasteiger partial charge >= 0.3 is 6.02 Å². The fourth-order valence-corrected chi connectivity index (χ4v) is 1.27. The predicted octanol–water partition coefficient (Wildman–Crippen LogP) is 1.71. The van der Waals surface area contributed by atoms with E-state index >= 15 is 0 Å². The van der Waals surface area contributed by atoms with Crippen LogP contribution >= 0.6 is 0 Å². The molecule has 84 valence electrons. The average Bonchev–Trinajstić information content (AvgIpc) is 2.46. The van der Waals surface area contributed by atoms with Crippen LogP contribution in [0, 0.1) is 0 Å². The molecule has 0 fully saturated rings. The molecule has 0 atom stereocenters. The van der Waals surface area contributed by atoms with Crippen molar-refractivity contribution < 1.29 is 14.2 Å². The molecule has 0 saturated heterocycles. The van der Waals surface area contributed by atoms with Crippen LogP contribution < -0.4 is 0 Å². The maximum atomic E-state index is 5.18. The molecule has 0 saturated carbocycles. The lowest BCUT2D eigenvalue weighted by molar-refractivity contribution is 0.277. The van der Waals surface area contributed by atoms with Crippen LogP contribution in [0.1, 0.15) is 19.8 Å². The van der Waals surface area contributed by atoms with Crippen LogP contribution in [0.4, 0.5) is 0 Å². The normalized spacial score (nSPS) is 16.5. The number of rotatable bonds is 2. The Labute approximate surface area is 89.5 Å². The van der Waals surface area contributed by atoms with Gasteiger partial charge < -0.3 is 14.2 Å². The number of amidine groups is 1. The van der Waals surface area contributed by atoms with Gasteiger partial charge in [0.25, 0.3) is 0 Å². The Balaban J connectivity index is 3.08. The average molecular weight is 212 g/mol. The fourth-order valence-electron chi connectivity index (χ4n) is 1.27. The summed E-state index contributed by atoms with van der Waals surface area (Å²) >= 11 is 0. The Morgan fingerprint density at radius 3 is 2.27 bits per heavy atom. The minimum Gasteiger partial charge on any atom is -0.484 e. The van der Waals surface area contributed by atoms with Crippen molar-refractivity contribution in [1.82, 2.24) is 0 Å². The second-order valence-electron chi connectivity index (χ2n) is 2.95. The van der Waals surface area contributed by atoms with Gasteiger partial charge in [0.05, 0.1) is 27.8 Å². The van der Waals surface area contributed by atoms with Crippen molar-refractivity contribution in [3.05, 3.63) is 11.5 Å². The Morgan fingerprint density at radius 2 is 1.80 bits per heavy atom.